The molecule has 1 heterocycles. The van der Waals surface area contributed by atoms with Crippen molar-refractivity contribution in [3.8, 4) is 0 Å². The second-order valence-corrected chi connectivity index (χ2v) is 6.60. The molecular weight excluding hydrogens is 272 g/mol. The van der Waals surface area contributed by atoms with E-state index in [1.807, 2.05) is 6.92 Å². The number of likely N-dealkylation sites (tertiary alicyclic amines) is 1. The molecule has 0 bridgehead atoms. The summed E-state index contributed by atoms with van der Waals surface area (Å²) in [7, 11) is 0. The van der Waals surface area contributed by atoms with Gasteiger partial charge in [-0.25, -0.2) is 4.79 Å². The van der Waals surface area contributed by atoms with Crippen molar-refractivity contribution in [1.29, 1.82) is 0 Å². The Balaban J connectivity index is 2.40. The first-order valence-electron chi connectivity index (χ1n) is 7.63. The lowest BCUT2D eigenvalue weighted by Gasteiger charge is -2.40. The van der Waals surface area contributed by atoms with E-state index in [9.17, 15) is 14.7 Å². The van der Waals surface area contributed by atoms with Crippen molar-refractivity contribution in [3.63, 3.8) is 0 Å². The molecule has 0 aliphatic carbocycles. The summed E-state index contributed by atoms with van der Waals surface area (Å²) in [4.78, 5) is 25.5. The zero-order valence-electron chi connectivity index (χ0n) is 13.5. The number of hydrogen-bond acceptors (Lipinski definition) is 4. The predicted molar refractivity (Wildman–Crippen MR) is 79.9 cm³/mol. The molecule has 0 aromatic rings. The molecule has 0 saturated carbocycles. The molecule has 1 rings (SSSR count). The van der Waals surface area contributed by atoms with Crippen LogP contribution in [-0.4, -0.2) is 52.8 Å². The number of carbonyl (C=O) groups is 2. The van der Waals surface area contributed by atoms with Gasteiger partial charge in [0.15, 0.2) is 0 Å². The minimum Gasteiger partial charge on any atom is -0.444 e. The summed E-state index contributed by atoms with van der Waals surface area (Å²) < 4.78 is 5.11. The van der Waals surface area contributed by atoms with Crippen LogP contribution in [0.15, 0.2) is 0 Å². The van der Waals surface area contributed by atoms with Gasteiger partial charge in [-0.1, -0.05) is 0 Å². The molecule has 0 aromatic heterocycles. The fraction of sp³-hybridized carbons (Fsp3) is 0.867. The molecular formula is C15H28N2O4. The fourth-order valence-corrected chi connectivity index (χ4v) is 2.63. The summed E-state index contributed by atoms with van der Waals surface area (Å²) in [5.41, 5.74) is -0.544. The molecule has 2 N–H and O–H groups in total. The second kappa shape index (κ2) is 7.64. The molecule has 6 nitrogen and oxygen atoms in total. The first-order valence-corrected chi connectivity index (χ1v) is 7.63. The third-order valence-electron chi connectivity index (χ3n) is 3.53. The number of hydrogen-bond donors (Lipinski definition) is 2. The Morgan fingerprint density at radius 3 is 2.57 bits per heavy atom. The quantitative estimate of drug-likeness (QED) is 0.827. The number of ether oxygens (including phenoxy) is 1. The van der Waals surface area contributed by atoms with Crippen LogP contribution in [0.4, 0.5) is 4.79 Å². The van der Waals surface area contributed by atoms with E-state index < -0.39 is 11.7 Å². The number of amides is 2. The minimum absolute atomic E-state index is 0.00439. The number of piperidine rings is 1. The number of nitrogens with zero attached hydrogens (tertiary/aromatic N) is 1. The normalized spacial score (nSPS) is 22.8. The van der Waals surface area contributed by atoms with E-state index in [1.54, 1.807) is 25.7 Å². The Labute approximate surface area is 126 Å². The standard InChI is InChI=1S/C15H28N2O4/c1-11-6-5-7-12(10-18)17(11)13(19)8-9-16-14(20)21-15(2,3)4/h11-12,18H,5-10H2,1-4H3,(H,16,20)/t11-,12-/m0/s1. The third kappa shape index (κ3) is 5.91. The van der Waals surface area contributed by atoms with E-state index in [4.69, 9.17) is 4.74 Å². The van der Waals surface area contributed by atoms with Gasteiger partial charge in [-0.3, -0.25) is 4.79 Å². The Morgan fingerprint density at radius 2 is 2.00 bits per heavy atom. The summed E-state index contributed by atoms with van der Waals surface area (Å²) in [6.45, 7) is 7.61. The highest BCUT2D eigenvalue weighted by molar-refractivity contribution is 5.78. The highest BCUT2D eigenvalue weighted by Crippen LogP contribution is 2.23. The van der Waals surface area contributed by atoms with Crippen LogP contribution in [0.3, 0.4) is 0 Å². The Bertz CT molecular complexity index is 365. The summed E-state index contributed by atoms with van der Waals surface area (Å²) in [5, 5.41) is 12.0. The molecule has 2 atom stereocenters. The predicted octanol–water partition coefficient (Wildman–Crippen LogP) is 1.66. The summed E-state index contributed by atoms with van der Waals surface area (Å²) in [5.74, 6) is -0.0303. The number of nitrogens with one attached hydrogen (secondary N) is 1. The lowest BCUT2D eigenvalue weighted by Crippen LogP contribution is -2.51. The van der Waals surface area contributed by atoms with Gasteiger partial charge >= 0.3 is 6.09 Å². The number of alkyl carbamates (subject to hydrolysis) is 1. The van der Waals surface area contributed by atoms with Gasteiger partial charge in [0.05, 0.1) is 12.6 Å². The fourth-order valence-electron chi connectivity index (χ4n) is 2.63. The smallest absolute Gasteiger partial charge is 0.407 e. The zero-order chi connectivity index (χ0) is 16.0. The monoisotopic (exact) mass is 300 g/mol. The highest BCUT2D eigenvalue weighted by Gasteiger charge is 2.30. The van der Waals surface area contributed by atoms with E-state index in [-0.39, 0.29) is 37.6 Å². The van der Waals surface area contributed by atoms with Crippen LogP contribution >= 0.6 is 0 Å². The summed E-state index contributed by atoms with van der Waals surface area (Å²) >= 11 is 0. The minimum atomic E-state index is -0.544. The van der Waals surface area contributed by atoms with Crippen molar-refractivity contribution in [2.24, 2.45) is 0 Å². The lowest BCUT2D eigenvalue weighted by atomic mass is 9.96. The van der Waals surface area contributed by atoms with Gasteiger partial charge in [0.2, 0.25) is 5.91 Å². The molecule has 0 aromatic carbocycles. The van der Waals surface area contributed by atoms with Crippen molar-refractivity contribution in [2.45, 2.75) is 71.1 Å². The van der Waals surface area contributed by atoms with Gasteiger partial charge in [0.25, 0.3) is 0 Å². The summed E-state index contributed by atoms with van der Waals surface area (Å²) in [6, 6.07) is 0.0488. The SMILES string of the molecule is C[C@H]1CCC[C@@H](CO)N1C(=O)CCNC(=O)OC(C)(C)C. The maximum atomic E-state index is 12.3. The van der Waals surface area contributed by atoms with Crippen LogP contribution in [-0.2, 0) is 9.53 Å². The van der Waals surface area contributed by atoms with Gasteiger partial charge < -0.3 is 20.1 Å². The van der Waals surface area contributed by atoms with E-state index >= 15 is 0 Å². The number of rotatable bonds is 4. The molecule has 1 aliphatic rings. The molecule has 6 heteroatoms. The van der Waals surface area contributed by atoms with Gasteiger partial charge in [-0.15, -0.1) is 0 Å². The van der Waals surface area contributed by atoms with Crippen molar-refractivity contribution in [2.75, 3.05) is 13.2 Å². The third-order valence-corrected chi connectivity index (χ3v) is 3.53. The van der Waals surface area contributed by atoms with Crippen molar-refractivity contribution in [3.05, 3.63) is 0 Å². The molecule has 0 spiro atoms. The lowest BCUT2D eigenvalue weighted by molar-refractivity contribution is -0.138. The number of carbonyl (C=O) groups excluding carboxylic acids is 2. The van der Waals surface area contributed by atoms with E-state index in [2.05, 4.69) is 5.32 Å². The molecule has 21 heavy (non-hydrogen) atoms. The largest absolute Gasteiger partial charge is 0.444 e. The van der Waals surface area contributed by atoms with E-state index in [0.717, 1.165) is 19.3 Å². The number of aliphatic hydroxyl groups is 1. The Hall–Kier alpha value is -1.30. The second-order valence-electron chi connectivity index (χ2n) is 6.60. The molecule has 2 amide bonds. The van der Waals surface area contributed by atoms with Gasteiger partial charge in [0, 0.05) is 19.0 Å². The molecule has 1 fully saturated rings. The molecule has 0 radical (unpaired) electrons. The number of aliphatic hydroxyl groups excluding tert-OH is 1. The Morgan fingerprint density at radius 1 is 1.33 bits per heavy atom. The van der Waals surface area contributed by atoms with Gasteiger partial charge in [-0.05, 0) is 47.0 Å². The van der Waals surface area contributed by atoms with Gasteiger partial charge in [0.1, 0.15) is 5.60 Å². The molecule has 1 saturated heterocycles. The van der Waals surface area contributed by atoms with Crippen LogP contribution in [0.1, 0.15) is 53.4 Å². The van der Waals surface area contributed by atoms with Crippen molar-refractivity contribution in [1.82, 2.24) is 10.2 Å². The van der Waals surface area contributed by atoms with Crippen LogP contribution in [0.2, 0.25) is 0 Å². The van der Waals surface area contributed by atoms with E-state index in [1.165, 1.54) is 0 Å². The molecule has 1 aliphatic heterocycles. The average molecular weight is 300 g/mol. The maximum absolute atomic E-state index is 12.3. The molecule has 122 valence electrons. The zero-order valence-corrected chi connectivity index (χ0v) is 13.5. The topological polar surface area (TPSA) is 78.9 Å². The van der Waals surface area contributed by atoms with Crippen LogP contribution in [0.5, 0.6) is 0 Å². The van der Waals surface area contributed by atoms with E-state index in [0.29, 0.717) is 0 Å². The first kappa shape index (κ1) is 17.8. The molecule has 0 unspecified atom stereocenters. The summed E-state index contributed by atoms with van der Waals surface area (Å²) in [6.07, 6.45) is 2.54. The van der Waals surface area contributed by atoms with Crippen LogP contribution in [0.25, 0.3) is 0 Å². The van der Waals surface area contributed by atoms with Crippen LogP contribution < -0.4 is 5.32 Å². The van der Waals surface area contributed by atoms with Gasteiger partial charge in [-0.2, -0.15) is 0 Å². The maximum Gasteiger partial charge on any atom is 0.407 e. The van der Waals surface area contributed by atoms with Crippen molar-refractivity contribution >= 4 is 12.0 Å². The Kier molecular flexibility index (Phi) is 6.45. The van der Waals surface area contributed by atoms with Crippen LogP contribution in [0, 0.1) is 0 Å². The van der Waals surface area contributed by atoms with Crippen molar-refractivity contribution < 1.29 is 19.4 Å². The highest BCUT2D eigenvalue weighted by atomic mass is 16.6. The first-order chi connectivity index (χ1) is 9.74. The average Bonchev–Trinajstić information content (AvgIpc) is 2.35.